The molecule has 0 bridgehead atoms. The van der Waals surface area contributed by atoms with Gasteiger partial charge in [0.25, 0.3) is 0 Å². The number of hydrogen-bond acceptors (Lipinski definition) is 9. The van der Waals surface area contributed by atoms with Gasteiger partial charge in [-0.15, -0.1) is 0 Å². The van der Waals surface area contributed by atoms with Crippen molar-refractivity contribution in [1.82, 2.24) is 19.0 Å². The van der Waals surface area contributed by atoms with Crippen molar-refractivity contribution in [3.05, 3.63) is 35.4 Å². The van der Waals surface area contributed by atoms with E-state index in [4.69, 9.17) is 9.47 Å². The van der Waals surface area contributed by atoms with Gasteiger partial charge in [0, 0.05) is 19.8 Å². The average molecular weight is 472 g/mol. The van der Waals surface area contributed by atoms with Crippen LogP contribution in [0.15, 0.2) is 29.2 Å². The van der Waals surface area contributed by atoms with Crippen LogP contribution in [0.1, 0.15) is 15.9 Å². The Morgan fingerprint density at radius 1 is 1.16 bits per heavy atom. The number of anilines is 1. The quantitative estimate of drug-likeness (QED) is 0.456. The van der Waals surface area contributed by atoms with Crippen LogP contribution in [0.5, 0.6) is 11.8 Å². The molecule has 0 aliphatic heterocycles. The maximum atomic E-state index is 12.6. The summed E-state index contributed by atoms with van der Waals surface area (Å²) in [4.78, 5) is 31.5. The van der Waals surface area contributed by atoms with Gasteiger partial charge < -0.3 is 14.6 Å². The van der Waals surface area contributed by atoms with Crippen LogP contribution < -0.4 is 19.5 Å². The van der Waals surface area contributed by atoms with Gasteiger partial charge in [-0.1, -0.05) is 6.07 Å². The summed E-state index contributed by atoms with van der Waals surface area (Å²) in [5, 5.41) is 11.8. The number of carboxylic acid groups (broad SMARTS) is 1. The second kappa shape index (κ2) is 10.3. The molecular formula is C17H21N5O7S2. The van der Waals surface area contributed by atoms with E-state index < -0.39 is 22.0 Å². The van der Waals surface area contributed by atoms with Crippen molar-refractivity contribution in [2.24, 2.45) is 0 Å². The molecule has 12 nitrogen and oxygen atoms in total. The third-order valence-electron chi connectivity index (χ3n) is 3.83. The number of urea groups is 1. The van der Waals surface area contributed by atoms with E-state index in [2.05, 4.69) is 20.0 Å². The Morgan fingerprint density at radius 3 is 2.29 bits per heavy atom. The van der Waals surface area contributed by atoms with Crippen molar-refractivity contribution in [2.75, 3.05) is 33.6 Å². The zero-order valence-corrected chi connectivity index (χ0v) is 18.7. The van der Waals surface area contributed by atoms with E-state index in [-0.39, 0.29) is 39.5 Å². The average Bonchev–Trinajstić information content (AvgIpc) is 2.72. The van der Waals surface area contributed by atoms with Crippen LogP contribution in [0.25, 0.3) is 0 Å². The first-order valence-electron chi connectivity index (χ1n) is 8.53. The highest BCUT2D eigenvalue weighted by Crippen LogP contribution is 2.26. The molecule has 1 aromatic carbocycles. The smallest absolute Gasteiger partial charge is 0.336 e. The Kier molecular flexibility index (Phi) is 8.01. The molecule has 2 amide bonds. The van der Waals surface area contributed by atoms with Crippen LogP contribution in [0, 0.1) is 0 Å². The Balaban J connectivity index is 2.17. The van der Waals surface area contributed by atoms with Gasteiger partial charge in [-0.25, -0.2) is 22.3 Å². The van der Waals surface area contributed by atoms with Crippen LogP contribution in [0.2, 0.25) is 0 Å². The molecule has 0 spiro atoms. The molecule has 0 fully saturated rings. The van der Waals surface area contributed by atoms with Crippen molar-refractivity contribution in [1.29, 1.82) is 0 Å². The van der Waals surface area contributed by atoms with Crippen LogP contribution in [0.3, 0.4) is 0 Å². The minimum absolute atomic E-state index is 0.0494. The molecular weight excluding hydrogens is 450 g/mol. The Bertz CT molecular complexity index is 1050. The molecule has 0 atom stereocenters. The molecule has 31 heavy (non-hydrogen) atoms. The molecule has 1 heterocycles. The van der Waals surface area contributed by atoms with E-state index in [1.165, 1.54) is 52.6 Å². The minimum Gasteiger partial charge on any atom is -0.481 e. The van der Waals surface area contributed by atoms with E-state index in [1.54, 1.807) is 0 Å². The lowest BCUT2D eigenvalue weighted by molar-refractivity contribution is 0.0695. The van der Waals surface area contributed by atoms with Crippen LogP contribution in [-0.4, -0.2) is 68.1 Å². The predicted molar refractivity (Wildman–Crippen MR) is 113 cm³/mol. The number of carbonyl (C=O) groups excluding carboxylic acids is 1. The predicted octanol–water partition coefficient (Wildman–Crippen LogP) is 1.41. The standard InChI is InChI=1S/C17H21N5O7S2/c1-22(2)31(26,27)12-7-5-6-10(15(23)24)11(12)9-30-21-17(25)20-16-18-13(28-3)8-14(19-16)29-4/h5-8H,9H2,1-4H3,(H,23,24)(H2,18,19,20,21,25). The molecule has 168 valence electrons. The van der Waals surface area contributed by atoms with Crippen molar-refractivity contribution in [2.45, 2.75) is 10.6 Å². The van der Waals surface area contributed by atoms with Crippen molar-refractivity contribution in [3.8, 4) is 11.8 Å². The first-order valence-corrected chi connectivity index (χ1v) is 11.0. The SMILES string of the molecule is COc1cc(OC)nc(NC(=O)NSCc2c(C(=O)O)cccc2S(=O)(=O)N(C)C)n1. The fourth-order valence-electron chi connectivity index (χ4n) is 2.32. The summed E-state index contributed by atoms with van der Waals surface area (Å²) in [5.41, 5.74) is -0.133. The highest BCUT2D eigenvalue weighted by molar-refractivity contribution is 7.97. The molecule has 0 saturated heterocycles. The number of aromatic carboxylic acids is 1. The third kappa shape index (κ3) is 5.96. The molecule has 0 unspecified atom stereocenters. The summed E-state index contributed by atoms with van der Waals surface area (Å²) in [7, 11) is 1.56. The number of hydrogen-bond donors (Lipinski definition) is 3. The van der Waals surface area contributed by atoms with Gasteiger partial charge in [0.2, 0.25) is 27.7 Å². The summed E-state index contributed by atoms with van der Waals surface area (Å²) in [6.07, 6.45) is 0. The lowest BCUT2D eigenvalue weighted by atomic mass is 10.1. The van der Waals surface area contributed by atoms with E-state index in [0.717, 1.165) is 16.3 Å². The van der Waals surface area contributed by atoms with Gasteiger partial charge >= 0.3 is 12.0 Å². The summed E-state index contributed by atoms with van der Waals surface area (Å²) in [5.74, 6) is -1.16. The number of amides is 2. The molecule has 1 aromatic heterocycles. The highest BCUT2D eigenvalue weighted by Gasteiger charge is 2.25. The summed E-state index contributed by atoms with van der Waals surface area (Å²) >= 11 is 0.801. The van der Waals surface area contributed by atoms with E-state index in [1.807, 2.05) is 0 Å². The number of aromatic nitrogens is 2. The van der Waals surface area contributed by atoms with Crippen LogP contribution in [0.4, 0.5) is 10.7 Å². The van der Waals surface area contributed by atoms with Crippen LogP contribution in [-0.2, 0) is 15.8 Å². The van der Waals surface area contributed by atoms with Gasteiger partial charge in [0.05, 0.1) is 30.7 Å². The van der Waals surface area contributed by atoms with E-state index in [0.29, 0.717) is 0 Å². The Labute approximate surface area is 183 Å². The van der Waals surface area contributed by atoms with Crippen molar-refractivity contribution in [3.63, 3.8) is 0 Å². The topological polar surface area (TPSA) is 160 Å². The molecule has 2 rings (SSSR count). The second-order valence-corrected chi connectivity index (χ2v) is 8.90. The number of nitrogens with one attached hydrogen (secondary N) is 2. The molecule has 0 radical (unpaired) electrons. The number of sulfonamides is 1. The number of rotatable bonds is 9. The monoisotopic (exact) mass is 471 g/mol. The van der Waals surface area contributed by atoms with Crippen molar-refractivity contribution < 1.29 is 32.6 Å². The van der Waals surface area contributed by atoms with Gasteiger partial charge in [-0.2, -0.15) is 9.97 Å². The maximum absolute atomic E-state index is 12.6. The molecule has 2 aromatic rings. The Hall–Kier alpha value is -3.10. The van der Waals surface area contributed by atoms with Gasteiger partial charge in [0.1, 0.15) is 0 Å². The molecule has 14 heteroatoms. The normalized spacial score (nSPS) is 11.1. The lowest BCUT2D eigenvalue weighted by Gasteiger charge is -2.17. The number of carboxylic acids is 1. The molecule has 3 N–H and O–H groups in total. The van der Waals surface area contributed by atoms with Crippen molar-refractivity contribution >= 4 is 39.9 Å². The van der Waals surface area contributed by atoms with Gasteiger partial charge in [-0.05, 0) is 29.6 Å². The lowest BCUT2D eigenvalue weighted by Crippen LogP contribution is -2.26. The summed E-state index contributed by atoms with van der Waals surface area (Å²) in [6, 6.07) is 4.66. The van der Waals surface area contributed by atoms with Gasteiger partial charge in [-0.3, -0.25) is 10.0 Å². The summed E-state index contributed by atoms with van der Waals surface area (Å²) in [6.45, 7) is 0. The molecule has 0 aliphatic carbocycles. The minimum atomic E-state index is -3.90. The zero-order chi connectivity index (χ0) is 23.2. The molecule has 0 saturated carbocycles. The van der Waals surface area contributed by atoms with E-state index in [9.17, 15) is 23.1 Å². The van der Waals surface area contributed by atoms with Crippen LogP contribution >= 0.6 is 11.9 Å². The number of nitrogens with zero attached hydrogens (tertiary/aromatic N) is 3. The fraction of sp³-hybridized carbons (Fsp3) is 0.294. The fourth-order valence-corrected chi connectivity index (χ4v) is 4.26. The van der Waals surface area contributed by atoms with Gasteiger partial charge in [0.15, 0.2) is 0 Å². The maximum Gasteiger partial charge on any atom is 0.336 e. The summed E-state index contributed by atoms with van der Waals surface area (Å²) < 4.78 is 38.5. The number of methoxy groups -OCH3 is 2. The molecule has 0 aliphatic rings. The zero-order valence-electron chi connectivity index (χ0n) is 17.1. The highest BCUT2D eigenvalue weighted by atomic mass is 32.2. The third-order valence-corrected chi connectivity index (χ3v) is 6.49. The number of ether oxygens (including phenoxy) is 2. The Morgan fingerprint density at radius 2 is 1.77 bits per heavy atom. The second-order valence-electron chi connectivity index (χ2n) is 6.00. The first-order chi connectivity index (χ1) is 14.6. The first kappa shape index (κ1) is 24.2. The van der Waals surface area contributed by atoms with E-state index >= 15 is 0 Å². The number of benzene rings is 1. The number of carbonyl (C=O) groups is 2. The largest absolute Gasteiger partial charge is 0.481 e.